The molecule has 1 aromatic carbocycles. The fourth-order valence-electron chi connectivity index (χ4n) is 2.04. The van der Waals surface area contributed by atoms with Crippen LogP contribution in [0.15, 0.2) is 60.2 Å². The zero-order chi connectivity index (χ0) is 15.2. The van der Waals surface area contributed by atoms with Crippen molar-refractivity contribution >= 4 is 17.2 Å². The number of benzene rings is 1. The second kappa shape index (κ2) is 6.95. The number of hydrogen-bond acceptors (Lipinski definition) is 4. The van der Waals surface area contributed by atoms with Crippen LogP contribution < -0.4 is 5.32 Å². The van der Waals surface area contributed by atoms with Gasteiger partial charge in [-0.3, -0.25) is 9.78 Å². The van der Waals surface area contributed by atoms with E-state index in [-0.39, 0.29) is 5.91 Å². The minimum Gasteiger partial charge on any atom is -0.352 e. The van der Waals surface area contributed by atoms with Gasteiger partial charge in [-0.1, -0.05) is 30.3 Å². The van der Waals surface area contributed by atoms with Crippen LogP contribution in [0.4, 0.5) is 0 Å². The summed E-state index contributed by atoms with van der Waals surface area (Å²) < 4.78 is 0. The molecule has 4 nitrogen and oxygen atoms in total. The molecule has 0 aliphatic carbocycles. The number of aromatic nitrogens is 2. The molecule has 2 aromatic heterocycles. The highest BCUT2D eigenvalue weighted by Gasteiger charge is 2.06. The van der Waals surface area contributed by atoms with Gasteiger partial charge in [-0.05, 0) is 12.1 Å². The van der Waals surface area contributed by atoms with Crippen molar-refractivity contribution in [3.05, 3.63) is 71.5 Å². The maximum absolute atomic E-state index is 11.9. The lowest BCUT2D eigenvalue weighted by molar-refractivity contribution is 0.0953. The Labute approximate surface area is 132 Å². The van der Waals surface area contributed by atoms with Crippen LogP contribution in [0.2, 0.25) is 0 Å². The number of thiazole rings is 1. The zero-order valence-corrected chi connectivity index (χ0v) is 12.7. The number of nitrogens with zero attached hydrogens (tertiary/aromatic N) is 2. The van der Waals surface area contributed by atoms with Gasteiger partial charge in [0.2, 0.25) is 0 Å². The van der Waals surface area contributed by atoms with Crippen LogP contribution in [0.25, 0.3) is 10.6 Å². The fourth-order valence-corrected chi connectivity index (χ4v) is 2.90. The summed E-state index contributed by atoms with van der Waals surface area (Å²) in [6, 6.07) is 13.6. The Hall–Kier alpha value is -2.53. The normalized spacial score (nSPS) is 10.4. The minimum atomic E-state index is -0.105. The van der Waals surface area contributed by atoms with Crippen LogP contribution in [0.5, 0.6) is 0 Å². The first-order valence-electron chi connectivity index (χ1n) is 7.01. The molecule has 0 saturated carbocycles. The third-order valence-electron chi connectivity index (χ3n) is 3.16. The molecule has 0 radical (unpaired) electrons. The minimum absolute atomic E-state index is 0.105. The smallest absolute Gasteiger partial charge is 0.252 e. The molecule has 0 unspecified atom stereocenters. The van der Waals surface area contributed by atoms with E-state index >= 15 is 0 Å². The van der Waals surface area contributed by atoms with E-state index in [9.17, 15) is 4.79 Å². The molecule has 5 heteroatoms. The van der Waals surface area contributed by atoms with Gasteiger partial charge in [0.05, 0.1) is 11.3 Å². The van der Waals surface area contributed by atoms with Crippen molar-refractivity contribution in [2.45, 2.75) is 6.42 Å². The largest absolute Gasteiger partial charge is 0.352 e. The second-order valence-corrected chi connectivity index (χ2v) is 5.62. The van der Waals surface area contributed by atoms with Gasteiger partial charge in [-0.25, -0.2) is 4.98 Å². The van der Waals surface area contributed by atoms with Crippen LogP contribution in [0, 0.1) is 0 Å². The van der Waals surface area contributed by atoms with E-state index in [2.05, 4.69) is 15.3 Å². The molecule has 0 fully saturated rings. The molecule has 0 saturated heterocycles. The zero-order valence-electron chi connectivity index (χ0n) is 11.9. The second-order valence-electron chi connectivity index (χ2n) is 4.76. The molecule has 0 aliphatic rings. The molecule has 0 aliphatic heterocycles. The lowest BCUT2D eigenvalue weighted by Gasteiger charge is -2.03. The maximum atomic E-state index is 11.9. The Kier molecular flexibility index (Phi) is 4.56. The summed E-state index contributed by atoms with van der Waals surface area (Å²) in [5.74, 6) is -0.105. The Morgan fingerprint density at radius 1 is 1.14 bits per heavy atom. The summed E-state index contributed by atoms with van der Waals surface area (Å²) >= 11 is 1.62. The molecule has 3 aromatic rings. The highest BCUT2D eigenvalue weighted by atomic mass is 32.1. The van der Waals surface area contributed by atoms with Crippen molar-refractivity contribution < 1.29 is 4.79 Å². The standard InChI is InChI=1S/C17H15N3OS/c21-16(14-7-4-9-18-11-14)19-10-8-15-12-22-17(20-15)13-5-2-1-3-6-13/h1-7,9,11-12H,8,10H2,(H,19,21). The number of carbonyl (C=O) groups is 1. The van der Waals surface area contributed by atoms with Crippen LogP contribution >= 0.6 is 11.3 Å². The third-order valence-corrected chi connectivity index (χ3v) is 4.10. The molecule has 2 heterocycles. The summed E-state index contributed by atoms with van der Waals surface area (Å²) in [7, 11) is 0. The fraction of sp³-hybridized carbons (Fsp3) is 0.118. The van der Waals surface area contributed by atoms with Gasteiger partial charge in [0.15, 0.2) is 0 Å². The lowest BCUT2D eigenvalue weighted by Crippen LogP contribution is -2.25. The van der Waals surface area contributed by atoms with E-state index in [1.165, 1.54) is 0 Å². The predicted octanol–water partition coefficient (Wildman–Crippen LogP) is 3.18. The topological polar surface area (TPSA) is 54.9 Å². The van der Waals surface area contributed by atoms with Gasteiger partial charge in [-0.2, -0.15) is 0 Å². The number of carbonyl (C=O) groups excluding carboxylic acids is 1. The van der Waals surface area contributed by atoms with Crippen LogP contribution in [0.1, 0.15) is 16.1 Å². The molecule has 22 heavy (non-hydrogen) atoms. The molecule has 3 rings (SSSR count). The quantitative estimate of drug-likeness (QED) is 0.787. The van der Waals surface area contributed by atoms with E-state index in [0.29, 0.717) is 12.1 Å². The predicted molar refractivity (Wildman–Crippen MR) is 87.8 cm³/mol. The van der Waals surface area contributed by atoms with Crippen molar-refractivity contribution in [3.8, 4) is 10.6 Å². The Bertz CT molecular complexity index is 741. The average Bonchev–Trinajstić information content (AvgIpc) is 3.05. The Morgan fingerprint density at radius 2 is 2.00 bits per heavy atom. The molecule has 1 amide bonds. The molecule has 0 spiro atoms. The number of rotatable bonds is 5. The Morgan fingerprint density at radius 3 is 2.77 bits per heavy atom. The first kappa shape index (κ1) is 14.4. The SMILES string of the molecule is O=C(NCCc1csc(-c2ccccc2)n1)c1cccnc1. The third kappa shape index (κ3) is 3.56. The molecule has 1 N–H and O–H groups in total. The van der Waals surface area contributed by atoms with Gasteiger partial charge in [0, 0.05) is 36.3 Å². The van der Waals surface area contributed by atoms with Gasteiger partial charge in [0.1, 0.15) is 5.01 Å². The van der Waals surface area contributed by atoms with E-state index in [1.54, 1.807) is 35.9 Å². The monoisotopic (exact) mass is 309 g/mol. The first-order chi connectivity index (χ1) is 10.8. The number of hydrogen-bond donors (Lipinski definition) is 1. The highest BCUT2D eigenvalue weighted by molar-refractivity contribution is 7.13. The highest BCUT2D eigenvalue weighted by Crippen LogP contribution is 2.23. The molecule has 0 atom stereocenters. The van der Waals surface area contributed by atoms with Gasteiger partial charge >= 0.3 is 0 Å². The summed E-state index contributed by atoms with van der Waals surface area (Å²) in [6.45, 7) is 0.561. The maximum Gasteiger partial charge on any atom is 0.252 e. The van der Waals surface area contributed by atoms with Gasteiger partial charge in [0.25, 0.3) is 5.91 Å². The molecular weight excluding hydrogens is 294 g/mol. The average molecular weight is 309 g/mol. The van der Waals surface area contributed by atoms with Crippen molar-refractivity contribution in [3.63, 3.8) is 0 Å². The van der Waals surface area contributed by atoms with Crippen molar-refractivity contribution in [2.24, 2.45) is 0 Å². The number of pyridine rings is 1. The van der Waals surface area contributed by atoms with Crippen LogP contribution in [-0.4, -0.2) is 22.4 Å². The van der Waals surface area contributed by atoms with Crippen molar-refractivity contribution in [1.29, 1.82) is 0 Å². The van der Waals surface area contributed by atoms with E-state index in [4.69, 9.17) is 0 Å². The summed E-state index contributed by atoms with van der Waals surface area (Å²) in [6.07, 6.45) is 3.93. The summed E-state index contributed by atoms with van der Waals surface area (Å²) in [5, 5.41) is 5.93. The van der Waals surface area contributed by atoms with Crippen molar-refractivity contribution in [1.82, 2.24) is 15.3 Å². The van der Waals surface area contributed by atoms with E-state index < -0.39 is 0 Å². The van der Waals surface area contributed by atoms with Crippen LogP contribution in [-0.2, 0) is 6.42 Å². The van der Waals surface area contributed by atoms with Gasteiger partial charge < -0.3 is 5.32 Å². The number of nitrogens with one attached hydrogen (secondary N) is 1. The van der Waals surface area contributed by atoms with E-state index in [1.807, 2.05) is 35.7 Å². The molecular formula is C17H15N3OS. The molecule has 0 bridgehead atoms. The van der Waals surface area contributed by atoms with Gasteiger partial charge in [-0.15, -0.1) is 11.3 Å². The summed E-state index contributed by atoms with van der Waals surface area (Å²) in [4.78, 5) is 20.4. The molecule has 110 valence electrons. The Balaban J connectivity index is 1.55. The first-order valence-corrected chi connectivity index (χ1v) is 7.89. The van der Waals surface area contributed by atoms with Crippen LogP contribution in [0.3, 0.4) is 0 Å². The summed E-state index contributed by atoms with van der Waals surface area (Å²) in [5.41, 5.74) is 2.69. The lowest BCUT2D eigenvalue weighted by atomic mass is 10.2. The number of amides is 1. The van der Waals surface area contributed by atoms with Crippen molar-refractivity contribution in [2.75, 3.05) is 6.54 Å². The van der Waals surface area contributed by atoms with E-state index in [0.717, 1.165) is 22.7 Å².